The van der Waals surface area contributed by atoms with Gasteiger partial charge in [0.15, 0.2) is 5.16 Å². The van der Waals surface area contributed by atoms with Crippen LogP contribution in [0.4, 0.5) is 5.82 Å². The van der Waals surface area contributed by atoms with Crippen LogP contribution < -0.4 is 4.90 Å². The van der Waals surface area contributed by atoms with Gasteiger partial charge in [-0.05, 0) is 43.4 Å². The van der Waals surface area contributed by atoms with Crippen molar-refractivity contribution in [3.63, 3.8) is 0 Å². The normalized spacial score (nSPS) is 13.8. The van der Waals surface area contributed by atoms with Gasteiger partial charge >= 0.3 is 0 Å². The molecule has 0 bridgehead atoms. The van der Waals surface area contributed by atoms with Crippen molar-refractivity contribution in [2.45, 2.75) is 50.4 Å². The molecule has 150 valence electrons. The minimum atomic E-state index is 0.150. The molecule has 1 aliphatic rings. The maximum absolute atomic E-state index is 12.6. The van der Waals surface area contributed by atoms with Crippen molar-refractivity contribution in [3.05, 3.63) is 47.2 Å². The number of aryl methyl sites for hydroxylation is 1. The van der Waals surface area contributed by atoms with Crippen LogP contribution in [0.2, 0.25) is 0 Å². The van der Waals surface area contributed by atoms with E-state index in [-0.39, 0.29) is 5.91 Å². The van der Waals surface area contributed by atoms with Crippen molar-refractivity contribution in [2.24, 2.45) is 0 Å². The molecule has 1 amide bonds. The highest BCUT2D eigenvalue weighted by Crippen LogP contribution is 2.24. The smallest absolute Gasteiger partial charge is 0.253 e. The number of amides is 1. The number of likely N-dealkylation sites (tertiary alicyclic amines) is 1. The summed E-state index contributed by atoms with van der Waals surface area (Å²) in [6, 6.07) is 10.1. The van der Waals surface area contributed by atoms with Crippen molar-refractivity contribution < 1.29 is 4.79 Å². The minimum absolute atomic E-state index is 0.150. The molecule has 1 fully saturated rings. The van der Waals surface area contributed by atoms with Crippen LogP contribution in [0.5, 0.6) is 0 Å². The lowest BCUT2D eigenvalue weighted by Gasteiger charge is -2.18. The van der Waals surface area contributed by atoms with Crippen LogP contribution in [0, 0.1) is 0 Å². The molecule has 6 heteroatoms. The number of carbonyl (C=O) groups is 1. The third-order valence-corrected chi connectivity index (χ3v) is 5.91. The van der Waals surface area contributed by atoms with Crippen molar-refractivity contribution >= 4 is 23.5 Å². The molecule has 2 aromatic rings. The molecule has 2 heterocycles. The maximum Gasteiger partial charge on any atom is 0.253 e. The van der Waals surface area contributed by atoms with Gasteiger partial charge in [0, 0.05) is 49.8 Å². The highest BCUT2D eigenvalue weighted by molar-refractivity contribution is 7.98. The summed E-state index contributed by atoms with van der Waals surface area (Å²) in [5.74, 6) is 1.89. The Morgan fingerprint density at radius 3 is 2.68 bits per heavy atom. The molecule has 0 radical (unpaired) electrons. The van der Waals surface area contributed by atoms with Crippen LogP contribution in [-0.2, 0) is 12.2 Å². The van der Waals surface area contributed by atoms with E-state index in [0.717, 1.165) is 78.9 Å². The maximum atomic E-state index is 12.6. The van der Waals surface area contributed by atoms with Crippen molar-refractivity contribution in [2.75, 3.05) is 31.6 Å². The first-order chi connectivity index (χ1) is 13.6. The van der Waals surface area contributed by atoms with Gasteiger partial charge in [0.05, 0.1) is 0 Å². The highest BCUT2D eigenvalue weighted by Gasteiger charge is 2.19. The fourth-order valence-electron chi connectivity index (χ4n) is 3.40. The average molecular weight is 399 g/mol. The summed E-state index contributed by atoms with van der Waals surface area (Å²) >= 11 is 1.63. The Hall–Kier alpha value is -2.08. The summed E-state index contributed by atoms with van der Waals surface area (Å²) in [7, 11) is 2.08. The molecule has 0 spiro atoms. The summed E-state index contributed by atoms with van der Waals surface area (Å²) in [5, 5.41) is 0.800. The Morgan fingerprint density at radius 2 is 1.96 bits per heavy atom. The third-order valence-electron chi connectivity index (χ3n) is 4.99. The topological polar surface area (TPSA) is 49.3 Å². The molecule has 0 atom stereocenters. The number of nitrogens with zero attached hydrogens (tertiary/aromatic N) is 4. The van der Waals surface area contributed by atoms with Crippen LogP contribution in [0.25, 0.3) is 0 Å². The summed E-state index contributed by atoms with van der Waals surface area (Å²) < 4.78 is 0. The second-order valence-electron chi connectivity index (χ2n) is 7.26. The monoisotopic (exact) mass is 398 g/mol. The predicted octanol–water partition coefficient (Wildman–Crippen LogP) is 4.41. The zero-order chi connectivity index (χ0) is 19.9. The Balaban J connectivity index is 1.70. The van der Waals surface area contributed by atoms with Gasteiger partial charge in [-0.3, -0.25) is 4.79 Å². The van der Waals surface area contributed by atoms with Crippen molar-refractivity contribution in [1.82, 2.24) is 14.9 Å². The first kappa shape index (κ1) is 20.6. The Labute approximate surface area is 172 Å². The van der Waals surface area contributed by atoms with Crippen LogP contribution in [-0.4, -0.2) is 47.5 Å². The molecule has 3 rings (SSSR count). The van der Waals surface area contributed by atoms with E-state index < -0.39 is 0 Å². The number of aromatic nitrogens is 2. The van der Waals surface area contributed by atoms with E-state index in [1.54, 1.807) is 11.8 Å². The van der Waals surface area contributed by atoms with Crippen LogP contribution in [0.15, 0.2) is 35.5 Å². The molecule has 1 saturated heterocycles. The lowest BCUT2D eigenvalue weighted by atomic mass is 10.1. The molecule has 28 heavy (non-hydrogen) atoms. The molecule has 0 N–H and O–H groups in total. The van der Waals surface area contributed by atoms with Gasteiger partial charge in [0.25, 0.3) is 5.91 Å². The highest BCUT2D eigenvalue weighted by atomic mass is 32.2. The fourth-order valence-corrected chi connectivity index (χ4v) is 4.21. The molecule has 0 aliphatic carbocycles. The van der Waals surface area contributed by atoms with Crippen molar-refractivity contribution in [3.8, 4) is 0 Å². The molecular weight excluding hydrogens is 368 g/mol. The van der Waals surface area contributed by atoms with Gasteiger partial charge in [0.1, 0.15) is 5.82 Å². The molecule has 5 nitrogen and oxygen atoms in total. The summed E-state index contributed by atoms with van der Waals surface area (Å²) in [4.78, 5) is 26.2. The summed E-state index contributed by atoms with van der Waals surface area (Å²) in [6.45, 7) is 7.02. The molecule has 0 unspecified atom stereocenters. The Kier molecular flexibility index (Phi) is 7.31. The van der Waals surface area contributed by atoms with Crippen LogP contribution in [0.3, 0.4) is 0 Å². The number of hydrogen-bond donors (Lipinski definition) is 0. The molecular formula is C22H30N4OS. The second-order valence-corrected chi connectivity index (χ2v) is 8.21. The molecule has 0 saturated carbocycles. The molecule has 1 aromatic heterocycles. The van der Waals surface area contributed by atoms with Gasteiger partial charge < -0.3 is 9.80 Å². The molecule has 1 aliphatic heterocycles. The summed E-state index contributed by atoms with van der Waals surface area (Å²) in [6.07, 6.45) is 4.20. The number of anilines is 1. The quantitative estimate of drug-likeness (QED) is 0.487. The average Bonchev–Trinajstić information content (AvgIpc) is 3.26. The van der Waals surface area contributed by atoms with Gasteiger partial charge in [-0.1, -0.05) is 37.7 Å². The Bertz CT molecular complexity index is 805. The zero-order valence-corrected chi connectivity index (χ0v) is 18.0. The number of thioether (sulfide) groups is 1. The van der Waals surface area contributed by atoms with Gasteiger partial charge in [-0.15, -0.1) is 0 Å². The lowest BCUT2D eigenvalue weighted by Crippen LogP contribution is -2.27. The number of carbonyl (C=O) groups excluding carboxylic acids is 1. The zero-order valence-electron chi connectivity index (χ0n) is 17.1. The van der Waals surface area contributed by atoms with E-state index in [4.69, 9.17) is 4.98 Å². The minimum Gasteiger partial charge on any atom is -0.360 e. The Morgan fingerprint density at radius 1 is 1.18 bits per heavy atom. The standard InChI is InChI=1S/C22H30N4OS/c1-4-11-25(3)20-15-19(5-2)23-22(24-20)28-16-17-9-8-10-18(14-17)21(27)26-12-6-7-13-26/h8-10,14-15H,4-7,11-13,16H2,1-3H3. The van der Waals surface area contributed by atoms with E-state index in [9.17, 15) is 4.79 Å². The van der Waals surface area contributed by atoms with Gasteiger partial charge in [-0.25, -0.2) is 9.97 Å². The van der Waals surface area contributed by atoms with Crippen molar-refractivity contribution in [1.29, 1.82) is 0 Å². The first-order valence-corrected chi connectivity index (χ1v) is 11.2. The van der Waals surface area contributed by atoms with Crippen LogP contribution >= 0.6 is 11.8 Å². The van der Waals surface area contributed by atoms with E-state index >= 15 is 0 Å². The predicted molar refractivity (Wildman–Crippen MR) is 116 cm³/mol. The number of benzene rings is 1. The lowest BCUT2D eigenvalue weighted by molar-refractivity contribution is 0.0792. The van der Waals surface area contributed by atoms with E-state index in [0.29, 0.717) is 0 Å². The third kappa shape index (κ3) is 5.25. The second kappa shape index (κ2) is 9.92. The van der Waals surface area contributed by atoms with E-state index in [1.807, 2.05) is 23.1 Å². The summed E-state index contributed by atoms with van der Waals surface area (Å²) in [5.41, 5.74) is 2.98. The number of rotatable bonds is 8. The van der Waals surface area contributed by atoms with E-state index in [2.05, 4.69) is 42.9 Å². The van der Waals surface area contributed by atoms with Gasteiger partial charge in [0.2, 0.25) is 0 Å². The largest absolute Gasteiger partial charge is 0.360 e. The molecule has 1 aromatic carbocycles. The fraction of sp³-hybridized carbons (Fsp3) is 0.500. The van der Waals surface area contributed by atoms with Crippen LogP contribution in [0.1, 0.15) is 54.7 Å². The first-order valence-electron chi connectivity index (χ1n) is 10.2. The van der Waals surface area contributed by atoms with Gasteiger partial charge in [-0.2, -0.15) is 0 Å². The SMILES string of the molecule is CCCN(C)c1cc(CC)nc(SCc2cccc(C(=O)N3CCCC3)c2)n1. The van der Waals surface area contributed by atoms with E-state index in [1.165, 1.54) is 0 Å². The number of hydrogen-bond acceptors (Lipinski definition) is 5.